The van der Waals surface area contributed by atoms with Crippen LogP contribution in [0, 0.1) is 0 Å². The number of aromatic nitrogens is 3. The van der Waals surface area contributed by atoms with Gasteiger partial charge in [-0.15, -0.1) is 11.8 Å². The van der Waals surface area contributed by atoms with Crippen molar-refractivity contribution in [2.45, 2.75) is 13.0 Å². The molecule has 116 valence electrons. The van der Waals surface area contributed by atoms with Crippen LogP contribution in [-0.2, 0) is 4.79 Å². The second kappa shape index (κ2) is 6.37. The molecule has 0 saturated heterocycles. The van der Waals surface area contributed by atoms with Crippen molar-refractivity contribution in [1.29, 1.82) is 0 Å². The number of carbonyl (C=O) groups excluding carboxylic acids is 1. The van der Waals surface area contributed by atoms with Gasteiger partial charge in [0.1, 0.15) is 17.8 Å². The van der Waals surface area contributed by atoms with E-state index in [1.807, 2.05) is 30.3 Å². The molecule has 0 saturated carbocycles. The Morgan fingerprint density at radius 2 is 2.45 bits per heavy atom. The van der Waals surface area contributed by atoms with Crippen LogP contribution < -0.4 is 16.0 Å². The van der Waals surface area contributed by atoms with Gasteiger partial charge in [-0.05, 0) is 13.0 Å². The SMILES string of the molecule is C[C@H](CN)NC(=O)C1=CN(c2ncnc3[nH]ccc23)CCS1. The lowest BCUT2D eigenvalue weighted by molar-refractivity contribution is -0.117. The number of fused-ring (bicyclic) bond motifs is 1. The smallest absolute Gasteiger partial charge is 0.259 e. The number of thioether (sulfide) groups is 1. The first-order chi connectivity index (χ1) is 10.7. The zero-order valence-electron chi connectivity index (χ0n) is 12.2. The fourth-order valence-corrected chi connectivity index (χ4v) is 3.13. The molecule has 1 aliphatic heterocycles. The predicted octanol–water partition coefficient (Wildman–Crippen LogP) is 0.816. The third-order valence-electron chi connectivity index (χ3n) is 3.42. The lowest BCUT2D eigenvalue weighted by Gasteiger charge is -2.26. The van der Waals surface area contributed by atoms with Gasteiger partial charge in [0, 0.05) is 37.3 Å². The van der Waals surface area contributed by atoms with E-state index >= 15 is 0 Å². The molecule has 7 nitrogen and oxygen atoms in total. The zero-order valence-corrected chi connectivity index (χ0v) is 13.1. The van der Waals surface area contributed by atoms with Crippen molar-refractivity contribution >= 4 is 34.5 Å². The molecule has 2 aromatic heterocycles. The van der Waals surface area contributed by atoms with Crippen molar-refractivity contribution in [2.24, 2.45) is 5.73 Å². The van der Waals surface area contributed by atoms with E-state index < -0.39 is 0 Å². The van der Waals surface area contributed by atoms with Gasteiger partial charge in [-0.3, -0.25) is 4.79 Å². The first-order valence-electron chi connectivity index (χ1n) is 7.09. The van der Waals surface area contributed by atoms with Crippen LogP contribution in [0.5, 0.6) is 0 Å². The number of nitrogens with zero attached hydrogens (tertiary/aromatic N) is 3. The van der Waals surface area contributed by atoms with E-state index in [1.165, 1.54) is 6.33 Å². The number of amides is 1. The summed E-state index contributed by atoms with van der Waals surface area (Å²) in [5.74, 6) is 1.54. The van der Waals surface area contributed by atoms with E-state index in [2.05, 4.69) is 20.3 Å². The molecular formula is C14H18N6OS. The van der Waals surface area contributed by atoms with Crippen molar-refractivity contribution in [3.8, 4) is 0 Å². The maximum atomic E-state index is 12.2. The summed E-state index contributed by atoms with van der Waals surface area (Å²) in [6, 6.07) is 1.90. The number of aromatic amines is 1. The van der Waals surface area contributed by atoms with E-state index in [0.29, 0.717) is 11.4 Å². The molecule has 0 radical (unpaired) electrons. The monoisotopic (exact) mass is 318 g/mol. The van der Waals surface area contributed by atoms with Crippen LogP contribution in [0.15, 0.2) is 29.7 Å². The van der Waals surface area contributed by atoms with Gasteiger partial charge < -0.3 is 20.9 Å². The highest BCUT2D eigenvalue weighted by molar-refractivity contribution is 8.04. The molecule has 0 aliphatic carbocycles. The largest absolute Gasteiger partial charge is 0.348 e. The summed E-state index contributed by atoms with van der Waals surface area (Å²) in [5.41, 5.74) is 6.34. The van der Waals surface area contributed by atoms with E-state index in [0.717, 1.165) is 29.1 Å². The maximum Gasteiger partial charge on any atom is 0.259 e. The Morgan fingerprint density at radius 3 is 3.27 bits per heavy atom. The third kappa shape index (κ3) is 2.93. The van der Waals surface area contributed by atoms with E-state index in [1.54, 1.807) is 11.8 Å². The van der Waals surface area contributed by atoms with Crippen molar-refractivity contribution in [1.82, 2.24) is 20.3 Å². The summed E-state index contributed by atoms with van der Waals surface area (Å²) < 4.78 is 0. The van der Waals surface area contributed by atoms with Crippen molar-refractivity contribution in [3.63, 3.8) is 0 Å². The molecule has 3 heterocycles. The lowest BCUT2D eigenvalue weighted by atomic mass is 10.3. The minimum atomic E-state index is -0.0907. The summed E-state index contributed by atoms with van der Waals surface area (Å²) in [7, 11) is 0. The normalized spacial score (nSPS) is 16.5. The number of carbonyl (C=O) groups is 1. The third-order valence-corrected chi connectivity index (χ3v) is 4.41. The first kappa shape index (κ1) is 14.9. The maximum absolute atomic E-state index is 12.2. The number of hydrogen-bond donors (Lipinski definition) is 3. The second-order valence-corrected chi connectivity index (χ2v) is 6.22. The highest BCUT2D eigenvalue weighted by atomic mass is 32.2. The van der Waals surface area contributed by atoms with E-state index in [-0.39, 0.29) is 11.9 Å². The Kier molecular flexibility index (Phi) is 4.30. The number of nitrogens with two attached hydrogens (primary N) is 1. The zero-order chi connectivity index (χ0) is 15.5. The fraction of sp³-hybridized carbons (Fsp3) is 0.357. The van der Waals surface area contributed by atoms with Crippen molar-refractivity contribution < 1.29 is 4.79 Å². The summed E-state index contributed by atoms with van der Waals surface area (Å²) in [6.07, 6.45) is 5.21. The highest BCUT2D eigenvalue weighted by Crippen LogP contribution is 2.28. The van der Waals surface area contributed by atoms with Crippen LogP contribution in [0.1, 0.15) is 6.92 Å². The van der Waals surface area contributed by atoms with Crippen LogP contribution in [0.2, 0.25) is 0 Å². The molecular weight excluding hydrogens is 300 g/mol. The topological polar surface area (TPSA) is 99.9 Å². The van der Waals surface area contributed by atoms with Gasteiger partial charge in [0.05, 0.1) is 10.3 Å². The minimum Gasteiger partial charge on any atom is -0.348 e. The quantitative estimate of drug-likeness (QED) is 0.771. The average Bonchev–Trinajstić information content (AvgIpc) is 3.03. The highest BCUT2D eigenvalue weighted by Gasteiger charge is 2.21. The van der Waals surface area contributed by atoms with Gasteiger partial charge >= 0.3 is 0 Å². The van der Waals surface area contributed by atoms with Crippen LogP contribution in [0.25, 0.3) is 11.0 Å². The molecule has 8 heteroatoms. The molecule has 0 fully saturated rings. The van der Waals surface area contributed by atoms with Gasteiger partial charge in [-0.25, -0.2) is 9.97 Å². The van der Waals surface area contributed by atoms with E-state index in [4.69, 9.17) is 5.73 Å². The van der Waals surface area contributed by atoms with Gasteiger partial charge in [-0.1, -0.05) is 0 Å². The Labute approximate surface area is 132 Å². The lowest BCUT2D eigenvalue weighted by Crippen LogP contribution is -2.39. The molecule has 1 aliphatic rings. The molecule has 22 heavy (non-hydrogen) atoms. The average molecular weight is 318 g/mol. The van der Waals surface area contributed by atoms with Crippen LogP contribution in [0.3, 0.4) is 0 Å². The Hall–Kier alpha value is -2.06. The summed E-state index contributed by atoms with van der Waals surface area (Å²) in [6.45, 7) is 3.10. The summed E-state index contributed by atoms with van der Waals surface area (Å²) in [4.78, 5) is 26.5. The number of H-pyrrole nitrogens is 1. The Bertz CT molecular complexity index is 712. The number of anilines is 1. The number of hydrogen-bond acceptors (Lipinski definition) is 6. The molecule has 0 aromatic carbocycles. The van der Waals surface area contributed by atoms with Gasteiger partial charge in [0.25, 0.3) is 5.91 Å². The number of nitrogens with one attached hydrogen (secondary N) is 2. The molecule has 1 amide bonds. The minimum absolute atomic E-state index is 0.0418. The van der Waals surface area contributed by atoms with Crippen LogP contribution in [-0.4, -0.2) is 45.7 Å². The van der Waals surface area contributed by atoms with E-state index in [9.17, 15) is 4.79 Å². The molecule has 4 N–H and O–H groups in total. The van der Waals surface area contributed by atoms with Gasteiger partial charge in [-0.2, -0.15) is 0 Å². The molecule has 2 aromatic rings. The molecule has 3 rings (SSSR count). The van der Waals surface area contributed by atoms with Crippen molar-refractivity contribution in [2.75, 3.05) is 23.7 Å². The van der Waals surface area contributed by atoms with Gasteiger partial charge in [0.15, 0.2) is 0 Å². The van der Waals surface area contributed by atoms with Crippen LogP contribution >= 0.6 is 11.8 Å². The molecule has 0 bridgehead atoms. The summed E-state index contributed by atoms with van der Waals surface area (Å²) >= 11 is 1.55. The molecule has 0 unspecified atom stereocenters. The Balaban J connectivity index is 1.87. The molecule has 1 atom stereocenters. The number of rotatable bonds is 4. The predicted molar refractivity (Wildman–Crippen MR) is 88.4 cm³/mol. The second-order valence-electron chi connectivity index (χ2n) is 5.08. The fourth-order valence-electron chi connectivity index (χ4n) is 2.23. The van der Waals surface area contributed by atoms with Crippen molar-refractivity contribution in [3.05, 3.63) is 29.7 Å². The first-order valence-corrected chi connectivity index (χ1v) is 8.08. The van der Waals surface area contributed by atoms with Gasteiger partial charge in [0.2, 0.25) is 0 Å². The van der Waals surface area contributed by atoms with Crippen LogP contribution in [0.4, 0.5) is 5.82 Å². The summed E-state index contributed by atoms with van der Waals surface area (Å²) in [5, 5.41) is 3.83. The Morgan fingerprint density at radius 1 is 1.59 bits per heavy atom. The molecule has 0 spiro atoms. The standard InChI is InChI=1S/C14H18N6OS/c1-9(6-15)19-14(21)11-7-20(4-5-22-11)13-10-2-3-16-12(10)17-8-18-13/h2-3,7-9H,4-6,15H2,1H3,(H,19,21)(H,16,17,18)/t9-/m1/s1.